The summed E-state index contributed by atoms with van der Waals surface area (Å²) in [6.45, 7) is 7.13. The Morgan fingerprint density at radius 2 is 1.68 bits per heavy atom. The smallest absolute Gasteiger partial charge is 0.347 e. The molecule has 3 rings (SSSR count). The maximum Gasteiger partial charge on any atom is 0.347 e. The Hall–Kier alpha value is -3.88. The van der Waals surface area contributed by atoms with E-state index in [2.05, 4.69) is 17.3 Å². The number of aryl methyl sites for hydroxylation is 1. The third-order valence-electron chi connectivity index (χ3n) is 6.51. The van der Waals surface area contributed by atoms with Crippen LogP contribution in [0.15, 0.2) is 64.2 Å². The fourth-order valence-electron chi connectivity index (χ4n) is 4.23. The van der Waals surface area contributed by atoms with E-state index in [1.165, 1.54) is 15.7 Å². The molecule has 1 N–H and O–H groups in total. The van der Waals surface area contributed by atoms with Crippen LogP contribution in [0, 0.1) is 0 Å². The molecule has 0 radical (unpaired) electrons. The van der Waals surface area contributed by atoms with Crippen molar-refractivity contribution in [2.45, 2.75) is 84.9 Å². The number of esters is 1. The van der Waals surface area contributed by atoms with Crippen molar-refractivity contribution in [3.63, 3.8) is 0 Å². The first-order chi connectivity index (χ1) is 19.4. The number of unbranched alkanes of at least 4 members (excludes halogenated alkanes) is 4. The predicted molar refractivity (Wildman–Crippen MR) is 157 cm³/mol. The van der Waals surface area contributed by atoms with E-state index < -0.39 is 5.56 Å². The van der Waals surface area contributed by atoms with Gasteiger partial charge in [-0.25, -0.2) is 9.48 Å². The van der Waals surface area contributed by atoms with Gasteiger partial charge in [-0.1, -0.05) is 82.0 Å². The van der Waals surface area contributed by atoms with E-state index in [1.54, 1.807) is 6.92 Å². The van der Waals surface area contributed by atoms with Crippen LogP contribution in [-0.4, -0.2) is 39.6 Å². The average molecular weight is 551 g/mol. The highest BCUT2D eigenvalue weighted by atomic mass is 16.6. The Kier molecular flexibility index (Phi) is 12.5. The average Bonchev–Trinajstić information content (AvgIpc) is 2.97. The van der Waals surface area contributed by atoms with Gasteiger partial charge < -0.3 is 14.8 Å². The summed E-state index contributed by atoms with van der Waals surface area (Å²) < 4.78 is 13.6. The number of rotatable bonds is 17. The molecule has 3 aromatic rings. The van der Waals surface area contributed by atoms with Gasteiger partial charge in [0.15, 0.2) is 0 Å². The molecule has 9 nitrogen and oxygen atoms in total. The topological polar surface area (TPSA) is 104 Å². The number of benzene rings is 2. The van der Waals surface area contributed by atoms with Gasteiger partial charge in [0.25, 0.3) is 5.56 Å². The summed E-state index contributed by atoms with van der Waals surface area (Å²) in [4.78, 5) is 37.7. The summed E-state index contributed by atoms with van der Waals surface area (Å²) in [6.07, 6.45) is 6.03. The Labute approximate surface area is 236 Å². The van der Waals surface area contributed by atoms with Gasteiger partial charge in [0.1, 0.15) is 18.5 Å². The van der Waals surface area contributed by atoms with Crippen LogP contribution < -0.4 is 21.3 Å². The normalized spacial score (nSPS) is 11.7. The lowest BCUT2D eigenvalue weighted by Crippen LogP contribution is -2.43. The van der Waals surface area contributed by atoms with Crippen LogP contribution in [0.25, 0.3) is 0 Å². The van der Waals surface area contributed by atoms with Crippen LogP contribution in [-0.2, 0) is 29.0 Å². The summed E-state index contributed by atoms with van der Waals surface area (Å²) in [6, 6.07) is 17.2. The van der Waals surface area contributed by atoms with Crippen molar-refractivity contribution in [1.82, 2.24) is 14.3 Å². The van der Waals surface area contributed by atoms with Crippen molar-refractivity contribution in [1.29, 1.82) is 0 Å². The van der Waals surface area contributed by atoms with Crippen LogP contribution in [0.4, 0.5) is 5.82 Å². The van der Waals surface area contributed by atoms with Crippen LogP contribution in [0.5, 0.6) is 5.75 Å². The molecule has 0 aliphatic heterocycles. The monoisotopic (exact) mass is 550 g/mol. The van der Waals surface area contributed by atoms with Crippen molar-refractivity contribution in [2.75, 3.05) is 18.5 Å². The summed E-state index contributed by atoms with van der Waals surface area (Å²) in [5.41, 5.74) is 1.13. The molecule has 0 bridgehead atoms. The zero-order valence-corrected chi connectivity index (χ0v) is 23.9. The largest absolute Gasteiger partial charge is 0.487 e. The molecule has 0 aliphatic rings. The van der Waals surface area contributed by atoms with Crippen LogP contribution in [0.2, 0.25) is 0 Å². The SMILES string of the molecule is CCCCCCCn1nc(NCCc2ccc(OC(C)COC(=O)CC)cc2)c(=O)n(Cc2ccccc2)c1=O. The van der Waals surface area contributed by atoms with Gasteiger partial charge >= 0.3 is 11.7 Å². The van der Waals surface area contributed by atoms with Crippen LogP contribution in [0.3, 0.4) is 0 Å². The van der Waals surface area contributed by atoms with Gasteiger partial charge in [0, 0.05) is 19.5 Å². The molecule has 0 saturated heterocycles. The number of nitrogens with zero attached hydrogens (tertiary/aromatic N) is 3. The van der Waals surface area contributed by atoms with Gasteiger partial charge in [0.05, 0.1) is 6.54 Å². The Morgan fingerprint density at radius 3 is 2.38 bits per heavy atom. The highest BCUT2D eigenvalue weighted by molar-refractivity contribution is 5.68. The molecular weight excluding hydrogens is 508 g/mol. The van der Waals surface area contributed by atoms with Gasteiger partial charge in [-0.05, 0) is 43.0 Å². The zero-order valence-electron chi connectivity index (χ0n) is 23.9. The summed E-state index contributed by atoms with van der Waals surface area (Å²) in [5.74, 6) is 0.620. The first-order valence-corrected chi connectivity index (χ1v) is 14.3. The molecule has 1 unspecified atom stereocenters. The number of anilines is 1. The number of carbonyl (C=O) groups is 1. The van der Waals surface area contributed by atoms with Gasteiger partial charge in [-0.3, -0.25) is 14.2 Å². The highest BCUT2D eigenvalue weighted by Crippen LogP contribution is 2.15. The molecule has 1 atom stereocenters. The quantitative estimate of drug-likeness (QED) is 0.190. The first-order valence-electron chi connectivity index (χ1n) is 14.3. The van der Waals surface area contributed by atoms with Crippen LogP contribution >= 0.6 is 0 Å². The molecule has 1 aromatic heterocycles. The standard InChI is InChI=1S/C31H42N4O5/c1-4-6-7-8-12-21-35-31(38)34(22-26-13-10-9-11-14-26)30(37)29(33-35)32-20-19-25-15-17-27(18-16-25)40-24(3)23-39-28(36)5-2/h9-11,13-18,24H,4-8,12,19-23H2,1-3H3,(H,32,33). The minimum absolute atomic E-state index is 0.180. The van der Waals surface area contributed by atoms with E-state index in [4.69, 9.17) is 9.47 Å². The summed E-state index contributed by atoms with van der Waals surface area (Å²) >= 11 is 0. The summed E-state index contributed by atoms with van der Waals surface area (Å²) in [7, 11) is 0. The van der Waals surface area contributed by atoms with Gasteiger partial charge in [0.2, 0.25) is 5.82 Å². The zero-order chi connectivity index (χ0) is 28.7. The summed E-state index contributed by atoms with van der Waals surface area (Å²) in [5, 5.41) is 7.57. The Balaban J connectivity index is 1.65. The van der Waals surface area contributed by atoms with Gasteiger partial charge in [-0.15, -0.1) is 5.10 Å². The number of hydrogen-bond acceptors (Lipinski definition) is 7. The molecule has 216 valence electrons. The maximum absolute atomic E-state index is 13.2. The third kappa shape index (κ3) is 9.70. The molecule has 1 heterocycles. The molecule has 40 heavy (non-hydrogen) atoms. The van der Waals surface area contributed by atoms with E-state index in [0.29, 0.717) is 31.7 Å². The van der Waals surface area contributed by atoms with E-state index in [1.807, 2.05) is 61.5 Å². The second-order valence-corrected chi connectivity index (χ2v) is 9.93. The van der Waals surface area contributed by atoms with E-state index in [9.17, 15) is 14.4 Å². The molecule has 0 saturated carbocycles. The second kappa shape index (κ2) is 16.3. The number of ether oxygens (including phenoxy) is 2. The van der Waals surface area contributed by atoms with Crippen molar-refractivity contribution in [2.24, 2.45) is 0 Å². The molecule has 2 aromatic carbocycles. The molecule has 9 heteroatoms. The van der Waals surface area contributed by atoms with E-state index >= 15 is 0 Å². The van der Waals surface area contributed by atoms with Crippen molar-refractivity contribution in [3.05, 3.63) is 86.6 Å². The van der Waals surface area contributed by atoms with E-state index in [-0.39, 0.29) is 36.7 Å². The highest BCUT2D eigenvalue weighted by Gasteiger charge is 2.14. The number of carbonyl (C=O) groups excluding carboxylic acids is 1. The molecule has 0 aliphatic carbocycles. The lowest BCUT2D eigenvalue weighted by Gasteiger charge is -2.15. The third-order valence-corrected chi connectivity index (χ3v) is 6.51. The lowest BCUT2D eigenvalue weighted by molar-refractivity contribution is -0.145. The molecule has 0 spiro atoms. The van der Waals surface area contributed by atoms with Gasteiger partial charge in [-0.2, -0.15) is 0 Å². The molecular formula is C31H42N4O5. The Morgan fingerprint density at radius 1 is 0.950 bits per heavy atom. The molecule has 0 amide bonds. The lowest BCUT2D eigenvalue weighted by atomic mass is 10.1. The number of aromatic nitrogens is 3. The minimum atomic E-state index is -0.419. The van der Waals surface area contributed by atoms with Crippen molar-refractivity contribution >= 4 is 11.8 Å². The Bertz CT molecular complexity index is 1300. The van der Waals surface area contributed by atoms with Crippen LogP contribution in [0.1, 0.15) is 70.4 Å². The predicted octanol–water partition coefficient (Wildman–Crippen LogP) is 4.80. The minimum Gasteiger partial charge on any atom is -0.487 e. The second-order valence-electron chi connectivity index (χ2n) is 9.93. The van der Waals surface area contributed by atoms with E-state index in [0.717, 1.165) is 36.8 Å². The van der Waals surface area contributed by atoms with Crippen molar-refractivity contribution < 1.29 is 14.3 Å². The molecule has 0 fully saturated rings. The van der Waals surface area contributed by atoms with Crippen molar-refractivity contribution in [3.8, 4) is 5.75 Å². The maximum atomic E-state index is 13.2. The number of hydrogen-bond donors (Lipinski definition) is 1. The first kappa shape index (κ1) is 30.7. The fraction of sp³-hybridized carbons (Fsp3) is 0.484. The fourth-order valence-corrected chi connectivity index (χ4v) is 4.23. The number of nitrogens with one attached hydrogen (secondary N) is 1.